The molecule has 0 saturated carbocycles. The molecule has 0 amide bonds. The number of benzene rings is 1. The summed E-state index contributed by atoms with van der Waals surface area (Å²) in [7, 11) is 0. The van der Waals surface area contributed by atoms with E-state index in [0.29, 0.717) is 0 Å². The summed E-state index contributed by atoms with van der Waals surface area (Å²) in [5.41, 5.74) is 2.56. The molecule has 21 heavy (non-hydrogen) atoms. The largest absolute Gasteiger partial charge is 0.481 e. The fraction of sp³-hybridized carbons (Fsp3) is 0.588. The van der Waals surface area contributed by atoms with Crippen molar-refractivity contribution < 1.29 is 9.90 Å². The highest BCUT2D eigenvalue weighted by Crippen LogP contribution is 2.15. The van der Waals surface area contributed by atoms with Crippen molar-refractivity contribution >= 4 is 5.97 Å². The summed E-state index contributed by atoms with van der Waals surface area (Å²) in [4.78, 5) is 13.5. The second-order valence-corrected chi connectivity index (χ2v) is 5.77. The number of rotatable bonds is 6. The van der Waals surface area contributed by atoms with Gasteiger partial charge in [-0.1, -0.05) is 31.2 Å². The standard InChI is InChI=1S/C17H26N2O2/c1-2-14-4-6-15(7-5-14)12-16(13-17(20)21)19-10-3-8-18-9-11-19/h4-7,16,18H,2-3,8-13H2,1H3,(H,20,21). The summed E-state index contributed by atoms with van der Waals surface area (Å²) in [6.07, 6.45) is 3.16. The average molecular weight is 290 g/mol. The minimum atomic E-state index is -0.706. The van der Waals surface area contributed by atoms with Crippen LogP contribution in [0.1, 0.15) is 30.9 Å². The third-order valence-corrected chi connectivity index (χ3v) is 4.20. The second kappa shape index (κ2) is 8.15. The average Bonchev–Trinajstić information content (AvgIpc) is 2.76. The van der Waals surface area contributed by atoms with E-state index in [0.717, 1.165) is 45.4 Å². The third kappa shape index (κ3) is 5.14. The molecule has 1 saturated heterocycles. The fourth-order valence-electron chi connectivity index (χ4n) is 2.95. The molecule has 1 fully saturated rings. The van der Waals surface area contributed by atoms with Gasteiger partial charge in [0.25, 0.3) is 0 Å². The topological polar surface area (TPSA) is 52.6 Å². The van der Waals surface area contributed by atoms with Crippen LogP contribution in [0.4, 0.5) is 0 Å². The van der Waals surface area contributed by atoms with E-state index in [1.807, 2.05) is 0 Å². The Hall–Kier alpha value is -1.39. The lowest BCUT2D eigenvalue weighted by Gasteiger charge is -2.29. The van der Waals surface area contributed by atoms with Gasteiger partial charge >= 0.3 is 5.97 Å². The number of aryl methyl sites for hydroxylation is 1. The van der Waals surface area contributed by atoms with Gasteiger partial charge in [0.15, 0.2) is 0 Å². The lowest BCUT2D eigenvalue weighted by atomic mass is 10.00. The van der Waals surface area contributed by atoms with Crippen LogP contribution in [0.3, 0.4) is 0 Å². The van der Waals surface area contributed by atoms with Crippen LogP contribution in [0, 0.1) is 0 Å². The molecule has 2 N–H and O–H groups in total. The molecule has 0 aliphatic carbocycles. The van der Waals surface area contributed by atoms with Crippen LogP contribution in [-0.4, -0.2) is 48.2 Å². The van der Waals surface area contributed by atoms with E-state index in [1.54, 1.807) is 0 Å². The highest BCUT2D eigenvalue weighted by atomic mass is 16.4. The Balaban J connectivity index is 2.05. The van der Waals surface area contributed by atoms with Gasteiger partial charge in [0.05, 0.1) is 6.42 Å². The number of aliphatic carboxylic acids is 1. The first kappa shape index (κ1) is 16.0. The van der Waals surface area contributed by atoms with Crippen molar-refractivity contribution in [2.24, 2.45) is 0 Å². The highest BCUT2D eigenvalue weighted by molar-refractivity contribution is 5.67. The summed E-state index contributed by atoms with van der Waals surface area (Å²) >= 11 is 0. The van der Waals surface area contributed by atoms with Crippen LogP contribution >= 0.6 is 0 Å². The van der Waals surface area contributed by atoms with E-state index in [9.17, 15) is 9.90 Å². The highest BCUT2D eigenvalue weighted by Gasteiger charge is 2.22. The SMILES string of the molecule is CCc1ccc(CC(CC(=O)O)N2CCCNCC2)cc1. The number of nitrogens with one attached hydrogen (secondary N) is 1. The Labute approximate surface area is 127 Å². The van der Waals surface area contributed by atoms with E-state index in [-0.39, 0.29) is 12.5 Å². The first-order valence-corrected chi connectivity index (χ1v) is 7.93. The van der Waals surface area contributed by atoms with Crippen molar-refractivity contribution in [3.8, 4) is 0 Å². The lowest BCUT2D eigenvalue weighted by Crippen LogP contribution is -2.40. The summed E-state index contributed by atoms with van der Waals surface area (Å²) in [6.45, 7) is 6.04. The van der Waals surface area contributed by atoms with Gasteiger partial charge in [-0.25, -0.2) is 0 Å². The molecule has 1 atom stereocenters. The molecule has 0 aromatic heterocycles. The van der Waals surface area contributed by atoms with Gasteiger partial charge in [-0.05, 0) is 43.5 Å². The van der Waals surface area contributed by atoms with Crippen molar-refractivity contribution in [2.75, 3.05) is 26.2 Å². The molecule has 1 aromatic carbocycles. The zero-order valence-corrected chi connectivity index (χ0v) is 12.8. The maximum atomic E-state index is 11.2. The normalized spacial score (nSPS) is 18.1. The summed E-state index contributed by atoms with van der Waals surface area (Å²) in [5, 5.41) is 12.6. The van der Waals surface area contributed by atoms with Gasteiger partial charge < -0.3 is 10.4 Å². The van der Waals surface area contributed by atoms with E-state index in [4.69, 9.17) is 0 Å². The molecular formula is C17H26N2O2. The Bertz CT molecular complexity index is 437. The quantitative estimate of drug-likeness (QED) is 0.840. The summed E-state index contributed by atoms with van der Waals surface area (Å²) < 4.78 is 0. The number of hydrogen-bond acceptors (Lipinski definition) is 3. The van der Waals surface area contributed by atoms with E-state index < -0.39 is 5.97 Å². The van der Waals surface area contributed by atoms with Crippen LogP contribution in [0.25, 0.3) is 0 Å². The van der Waals surface area contributed by atoms with Crippen LogP contribution in [0.5, 0.6) is 0 Å². The number of carbonyl (C=O) groups is 1. The molecule has 1 unspecified atom stereocenters. The fourth-order valence-corrected chi connectivity index (χ4v) is 2.95. The molecule has 4 heteroatoms. The smallest absolute Gasteiger partial charge is 0.304 e. The second-order valence-electron chi connectivity index (χ2n) is 5.77. The summed E-state index contributed by atoms with van der Waals surface area (Å²) in [5.74, 6) is -0.706. The Kier molecular flexibility index (Phi) is 6.21. The Morgan fingerprint density at radius 3 is 2.62 bits per heavy atom. The minimum absolute atomic E-state index is 0.0925. The van der Waals surface area contributed by atoms with Crippen LogP contribution in [-0.2, 0) is 17.6 Å². The van der Waals surface area contributed by atoms with Gasteiger partial charge in [-0.3, -0.25) is 9.69 Å². The van der Waals surface area contributed by atoms with Crippen molar-refractivity contribution in [3.63, 3.8) is 0 Å². The zero-order valence-electron chi connectivity index (χ0n) is 12.8. The molecule has 1 heterocycles. The number of hydrogen-bond donors (Lipinski definition) is 2. The van der Waals surface area contributed by atoms with Gasteiger partial charge in [0.2, 0.25) is 0 Å². The molecule has 116 valence electrons. The molecule has 0 radical (unpaired) electrons. The van der Waals surface area contributed by atoms with Crippen molar-refractivity contribution in [3.05, 3.63) is 35.4 Å². The molecular weight excluding hydrogens is 264 g/mol. The Morgan fingerprint density at radius 1 is 1.24 bits per heavy atom. The van der Waals surface area contributed by atoms with E-state index in [2.05, 4.69) is 41.4 Å². The predicted octanol–water partition coefficient (Wildman–Crippen LogP) is 1.93. The van der Waals surface area contributed by atoms with E-state index >= 15 is 0 Å². The lowest BCUT2D eigenvalue weighted by molar-refractivity contribution is -0.138. The molecule has 1 aromatic rings. The molecule has 4 nitrogen and oxygen atoms in total. The Morgan fingerprint density at radius 2 is 1.95 bits per heavy atom. The predicted molar refractivity (Wildman–Crippen MR) is 84.6 cm³/mol. The molecule has 0 bridgehead atoms. The molecule has 0 spiro atoms. The number of carboxylic acid groups (broad SMARTS) is 1. The third-order valence-electron chi connectivity index (χ3n) is 4.20. The van der Waals surface area contributed by atoms with Gasteiger partial charge in [-0.2, -0.15) is 0 Å². The molecule has 1 aliphatic heterocycles. The van der Waals surface area contributed by atoms with Crippen molar-refractivity contribution in [1.29, 1.82) is 0 Å². The first-order valence-electron chi connectivity index (χ1n) is 7.93. The maximum Gasteiger partial charge on any atom is 0.304 e. The monoisotopic (exact) mass is 290 g/mol. The van der Waals surface area contributed by atoms with Crippen molar-refractivity contribution in [2.45, 2.75) is 38.6 Å². The van der Waals surface area contributed by atoms with Crippen molar-refractivity contribution in [1.82, 2.24) is 10.2 Å². The first-order chi connectivity index (χ1) is 10.2. The number of nitrogens with zero attached hydrogens (tertiary/aromatic N) is 1. The van der Waals surface area contributed by atoms with E-state index in [1.165, 1.54) is 11.1 Å². The summed E-state index contributed by atoms with van der Waals surface area (Å²) in [6, 6.07) is 8.68. The zero-order chi connectivity index (χ0) is 15.1. The van der Waals surface area contributed by atoms with Gasteiger partial charge in [0.1, 0.15) is 0 Å². The maximum absolute atomic E-state index is 11.2. The van der Waals surface area contributed by atoms with Crippen LogP contribution in [0.2, 0.25) is 0 Å². The minimum Gasteiger partial charge on any atom is -0.481 e. The molecule has 1 aliphatic rings. The van der Waals surface area contributed by atoms with Crippen LogP contribution < -0.4 is 5.32 Å². The van der Waals surface area contributed by atoms with Gasteiger partial charge in [-0.15, -0.1) is 0 Å². The van der Waals surface area contributed by atoms with Crippen LogP contribution in [0.15, 0.2) is 24.3 Å². The molecule has 2 rings (SSSR count). The van der Waals surface area contributed by atoms with Gasteiger partial charge in [0, 0.05) is 19.1 Å². The number of carboxylic acids is 1.